The summed E-state index contributed by atoms with van der Waals surface area (Å²) < 4.78 is 2.21. The van der Waals surface area contributed by atoms with Crippen molar-refractivity contribution < 1.29 is 4.79 Å². The van der Waals surface area contributed by atoms with Crippen LogP contribution < -0.4 is 10.2 Å². The molecule has 180 valence electrons. The number of hydrogen-bond donors (Lipinski definition) is 2. The molecule has 4 aromatic rings. The summed E-state index contributed by atoms with van der Waals surface area (Å²) in [6.07, 6.45) is 9.39. The van der Waals surface area contributed by atoms with Crippen LogP contribution in [0.15, 0.2) is 59.9 Å². The van der Waals surface area contributed by atoms with E-state index in [9.17, 15) is 4.79 Å². The Hall–Kier alpha value is -3.26. The average Bonchev–Trinajstić information content (AvgIpc) is 3.58. The van der Waals surface area contributed by atoms with Crippen LogP contribution in [0.5, 0.6) is 0 Å². The first-order valence-electron chi connectivity index (χ1n) is 12.6. The van der Waals surface area contributed by atoms with Gasteiger partial charge in [0.15, 0.2) is 11.0 Å². The van der Waals surface area contributed by atoms with Gasteiger partial charge in [-0.15, -0.1) is 10.2 Å². The lowest BCUT2D eigenvalue weighted by Gasteiger charge is -2.22. The van der Waals surface area contributed by atoms with E-state index in [-0.39, 0.29) is 5.91 Å². The topological polar surface area (TPSA) is 78.8 Å². The fraction of sp³-hybridized carbons (Fsp3) is 0.370. The third kappa shape index (κ3) is 4.80. The van der Waals surface area contributed by atoms with E-state index in [4.69, 9.17) is 0 Å². The first kappa shape index (κ1) is 22.2. The van der Waals surface area contributed by atoms with E-state index in [1.807, 2.05) is 30.5 Å². The minimum absolute atomic E-state index is 0.0310. The largest absolute Gasteiger partial charge is 0.372 e. The molecule has 0 atom stereocenters. The fourth-order valence-corrected chi connectivity index (χ4v) is 5.69. The van der Waals surface area contributed by atoms with E-state index >= 15 is 0 Å². The molecule has 0 unspecified atom stereocenters. The summed E-state index contributed by atoms with van der Waals surface area (Å²) >= 11 is 1.45. The van der Waals surface area contributed by atoms with Crippen LogP contribution in [0.3, 0.4) is 0 Å². The van der Waals surface area contributed by atoms with Crippen LogP contribution in [-0.2, 0) is 4.79 Å². The van der Waals surface area contributed by atoms with Crippen LogP contribution >= 0.6 is 11.8 Å². The summed E-state index contributed by atoms with van der Waals surface area (Å²) in [7, 11) is 0. The Labute approximate surface area is 209 Å². The molecular weight excluding hydrogens is 456 g/mol. The normalized spacial score (nSPS) is 16.4. The number of hydrogen-bond acceptors (Lipinski definition) is 5. The van der Waals surface area contributed by atoms with Crippen LogP contribution in [-0.4, -0.2) is 44.5 Å². The maximum Gasteiger partial charge on any atom is 0.234 e. The van der Waals surface area contributed by atoms with Gasteiger partial charge < -0.3 is 15.2 Å². The number of fused-ring (bicyclic) bond motifs is 1. The molecular formula is C27H30N6OS. The van der Waals surface area contributed by atoms with Crippen molar-refractivity contribution in [2.24, 2.45) is 0 Å². The van der Waals surface area contributed by atoms with Gasteiger partial charge in [0.25, 0.3) is 0 Å². The molecule has 2 fully saturated rings. The molecule has 0 radical (unpaired) electrons. The lowest BCUT2D eigenvalue weighted by molar-refractivity contribution is -0.113. The van der Waals surface area contributed by atoms with Crippen LogP contribution in [0.1, 0.15) is 44.6 Å². The minimum Gasteiger partial charge on any atom is -0.372 e. The zero-order chi connectivity index (χ0) is 23.6. The van der Waals surface area contributed by atoms with Gasteiger partial charge in [-0.05, 0) is 56.0 Å². The Morgan fingerprint density at radius 2 is 1.77 bits per heavy atom. The van der Waals surface area contributed by atoms with Crippen molar-refractivity contribution in [3.8, 4) is 11.4 Å². The fourth-order valence-electron chi connectivity index (χ4n) is 4.89. The molecule has 2 aliphatic rings. The number of rotatable bonds is 7. The molecule has 35 heavy (non-hydrogen) atoms. The predicted molar refractivity (Wildman–Crippen MR) is 142 cm³/mol. The number of aromatic nitrogens is 4. The third-order valence-corrected chi connectivity index (χ3v) is 7.80. The molecule has 2 aromatic carbocycles. The van der Waals surface area contributed by atoms with Crippen molar-refractivity contribution in [3.63, 3.8) is 0 Å². The number of benzene rings is 2. The molecule has 0 spiro atoms. The van der Waals surface area contributed by atoms with Gasteiger partial charge in [0.2, 0.25) is 5.91 Å². The van der Waals surface area contributed by atoms with Crippen LogP contribution in [0.4, 0.5) is 11.4 Å². The van der Waals surface area contributed by atoms with Gasteiger partial charge in [-0.2, -0.15) is 0 Å². The van der Waals surface area contributed by atoms with Crippen molar-refractivity contribution in [3.05, 3.63) is 54.7 Å². The number of nitrogens with one attached hydrogen (secondary N) is 2. The molecule has 0 bridgehead atoms. The minimum atomic E-state index is -0.0310. The lowest BCUT2D eigenvalue weighted by Crippen LogP contribution is -2.23. The second kappa shape index (κ2) is 9.77. The Morgan fingerprint density at radius 3 is 2.54 bits per heavy atom. The summed E-state index contributed by atoms with van der Waals surface area (Å²) in [5, 5.41) is 14.0. The monoisotopic (exact) mass is 486 g/mol. The average molecular weight is 487 g/mol. The maximum atomic E-state index is 12.7. The summed E-state index contributed by atoms with van der Waals surface area (Å²) in [4.78, 5) is 18.5. The van der Waals surface area contributed by atoms with Crippen LogP contribution in [0, 0.1) is 0 Å². The Balaban J connectivity index is 1.12. The van der Waals surface area contributed by atoms with Crippen LogP contribution in [0.2, 0.25) is 0 Å². The predicted octanol–water partition coefficient (Wildman–Crippen LogP) is 5.87. The standard InChI is InChI=1S/C27H30N6OS/c34-25(29-19-9-11-20(12-10-19)32-15-5-1-2-6-16-32)18-35-27-31-30-26(33(27)21-13-14-21)23-17-28-24-8-4-3-7-22(23)24/h3-4,7-12,17,21,28H,1-2,5-6,13-16,18H2,(H,29,34). The molecule has 1 saturated carbocycles. The van der Waals surface area contributed by atoms with E-state index in [1.165, 1.54) is 43.1 Å². The highest BCUT2D eigenvalue weighted by Crippen LogP contribution is 2.42. The molecule has 1 saturated heterocycles. The molecule has 7 nitrogen and oxygen atoms in total. The van der Waals surface area contributed by atoms with Gasteiger partial charge in [0.1, 0.15) is 0 Å². The molecule has 1 aliphatic carbocycles. The zero-order valence-corrected chi connectivity index (χ0v) is 20.6. The number of para-hydroxylation sites is 1. The van der Waals surface area contributed by atoms with Gasteiger partial charge in [-0.1, -0.05) is 42.8 Å². The Bertz CT molecular complexity index is 1320. The molecule has 3 heterocycles. The van der Waals surface area contributed by atoms with E-state index < -0.39 is 0 Å². The van der Waals surface area contributed by atoms with Gasteiger partial charge in [0, 0.05) is 53.2 Å². The highest BCUT2D eigenvalue weighted by molar-refractivity contribution is 7.99. The number of H-pyrrole nitrogens is 1. The van der Waals surface area contributed by atoms with Crippen LogP contribution in [0.25, 0.3) is 22.3 Å². The van der Waals surface area contributed by atoms with E-state index in [0.717, 1.165) is 59.1 Å². The second-order valence-electron chi connectivity index (χ2n) is 9.44. The Kier molecular flexibility index (Phi) is 6.21. The van der Waals surface area contributed by atoms with Gasteiger partial charge in [0.05, 0.1) is 5.75 Å². The molecule has 1 amide bonds. The smallest absolute Gasteiger partial charge is 0.234 e. The second-order valence-corrected chi connectivity index (χ2v) is 10.4. The number of nitrogens with zero attached hydrogens (tertiary/aromatic N) is 4. The van der Waals surface area contributed by atoms with Gasteiger partial charge >= 0.3 is 0 Å². The van der Waals surface area contributed by atoms with E-state index in [1.54, 1.807) is 0 Å². The third-order valence-electron chi connectivity index (χ3n) is 6.86. The number of thioether (sulfide) groups is 1. The van der Waals surface area contributed by atoms with Gasteiger partial charge in [-0.3, -0.25) is 9.36 Å². The maximum absolute atomic E-state index is 12.7. The van der Waals surface area contributed by atoms with E-state index in [2.05, 4.69) is 54.2 Å². The molecule has 2 aromatic heterocycles. The highest BCUT2D eigenvalue weighted by atomic mass is 32.2. The molecule has 2 N–H and O–H groups in total. The zero-order valence-electron chi connectivity index (χ0n) is 19.7. The number of carbonyl (C=O) groups is 1. The quantitative estimate of drug-likeness (QED) is 0.319. The molecule has 8 heteroatoms. The van der Waals surface area contributed by atoms with E-state index in [0.29, 0.717) is 11.8 Å². The Morgan fingerprint density at radius 1 is 1.00 bits per heavy atom. The summed E-state index contributed by atoms with van der Waals surface area (Å²) in [6.45, 7) is 2.23. The number of amides is 1. The number of aromatic amines is 1. The summed E-state index contributed by atoms with van der Waals surface area (Å²) in [5.74, 6) is 1.14. The summed E-state index contributed by atoms with van der Waals surface area (Å²) in [5.41, 5.74) is 4.21. The van der Waals surface area contributed by atoms with Crippen molar-refractivity contribution >= 4 is 39.9 Å². The van der Waals surface area contributed by atoms with Gasteiger partial charge in [-0.25, -0.2) is 0 Å². The first-order chi connectivity index (χ1) is 17.3. The lowest BCUT2D eigenvalue weighted by atomic mass is 10.1. The van der Waals surface area contributed by atoms with Crippen molar-refractivity contribution in [1.29, 1.82) is 0 Å². The molecule has 1 aliphatic heterocycles. The van der Waals surface area contributed by atoms with Crippen molar-refractivity contribution in [2.45, 2.75) is 49.7 Å². The number of anilines is 2. The first-order valence-corrected chi connectivity index (χ1v) is 13.5. The van der Waals surface area contributed by atoms with Crippen molar-refractivity contribution in [2.75, 3.05) is 29.1 Å². The summed E-state index contributed by atoms with van der Waals surface area (Å²) in [6, 6.07) is 16.9. The number of carbonyl (C=O) groups excluding carboxylic acids is 1. The SMILES string of the molecule is O=C(CSc1nnc(-c2c[nH]c3ccccc23)n1C1CC1)Nc1ccc(N2CCCCCC2)cc1. The molecule has 6 rings (SSSR count). The van der Waals surface area contributed by atoms with Crippen molar-refractivity contribution in [1.82, 2.24) is 19.7 Å². The highest BCUT2D eigenvalue weighted by Gasteiger charge is 2.31.